The zero-order valence-corrected chi connectivity index (χ0v) is 19.3. The Morgan fingerprint density at radius 3 is 2.62 bits per heavy atom. The van der Waals surface area contributed by atoms with E-state index in [4.69, 9.17) is 32.4 Å². The first-order chi connectivity index (χ1) is 15.4. The van der Waals surface area contributed by atoms with Gasteiger partial charge in [0.25, 0.3) is 0 Å². The Morgan fingerprint density at radius 2 is 1.97 bits per heavy atom. The van der Waals surface area contributed by atoms with Crippen LogP contribution in [0.1, 0.15) is 5.69 Å². The Hall–Kier alpha value is -2.71. The molecule has 0 radical (unpaired) electrons. The third kappa shape index (κ3) is 3.71. The molecule has 0 aliphatic carbocycles. The monoisotopic (exact) mass is 475 g/mol. The van der Waals surface area contributed by atoms with Crippen LogP contribution >= 0.6 is 23.2 Å². The van der Waals surface area contributed by atoms with Gasteiger partial charge in [-0.1, -0.05) is 23.2 Å². The van der Waals surface area contributed by atoms with Crippen molar-refractivity contribution in [2.75, 3.05) is 38.2 Å². The van der Waals surface area contributed by atoms with E-state index in [0.717, 1.165) is 37.6 Å². The molecule has 10 heteroatoms. The molecule has 1 aromatic carbocycles. The number of methoxy groups -OCH3 is 1. The first-order valence-electron chi connectivity index (χ1n) is 10.4. The zero-order chi connectivity index (χ0) is 22.4. The number of benzene rings is 1. The van der Waals surface area contributed by atoms with Crippen LogP contribution in [0.15, 0.2) is 35.1 Å². The summed E-state index contributed by atoms with van der Waals surface area (Å²) in [7, 11) is 1.62. The van der Waals surface area contributed by atoms with Gasteiger partial charge >= 0.3 is 0 Å². The summed E-state index contributed by atoms with van der Waals surface area (Å²) in [4.78, 5) is 21.4. The van der Waals surface area contributed by atoms with Gasteiger partial charge in [-0.15, -0.1) is 0 Å². The van der Waals surface area contributed by atoms with Crippen LogP contribution in [0.2, 0.25) is 10.0 Å². The molecular formula is C22H23Cl2N5O3. The highest BCUT2D eigenvalue weighted by atomic mass is 35.5. The molecule has 1 amide bonds. The largest absolute Gasteiger partial charge is 0.495 e. The van der Waals surface area contributed by atoms with E-state index in [0.29, 0.717) is 39.2 Å². The average Bonchev–Trinajstić information content (AvgIpc) is 3.55. The third-order valence-corrected chi connectivity index (χ3v) is 7.16. The van der Waals surface area contributed by atoms with E-state index in [1.54, 1.807) is 11.8 Å². The lowest BCUT2D eigenvalue weighted by atomic mass is 10.0. The number of carbonyl (C=O) groups excluding carboxylic acids is 1. The van der Waals surface area contributed by atoms with E-state index in [1.165, 1.54) is 12.5 Å². The molecule has 2 aliphatic rings. The highest BCUT2D eigenvalue weighted by Crippen LogP contribution is 2.37. The van der Waals surface area contributed by atoms with Gasteiger partial charge in [0.1, 0.15) is 18.6 Å². The summed E-state index contributed by atoms with van der Waals surface area (Å²) in [6, 6.07) is 5.86. The summed E-state index contributed by atoms with van der Waals surface area (Å²) >= 11 is 12.6. The number of nitrogens with zero attached hydrogens (tertiary/aromatic N) is 5. The van der Waals surface area contributed by atoms with Gasteiger partial charge < -0.3 is 19.0 Å². The Bertz CT molecular complexity index is 1130. The van der Waals surface area contributed by atoms with E-state index < -0.39 is 0 Å². The fourth-order valence-corrected chi connectivity index (χ4v) is 5.05. The maximum Gasteiger partial charge on any atom is 0.248 e. The number of oxazole rings is 1. The number of carbonyl (C=O) groups is 1. The number of amides is 1. The van der Waals surface area contributed by atoms with Crippen molar-refractivity contribution in [2.45, 2.75) is 13.5 Å². The summed E-state index contributed by atoms with van der Waals surface area (Å²) < 4.78 is 12.3. The second kappa shape index (κ2) is 8.33. The number of rotatable bonds is 5. The van der Waals surface area contributed by atoms with Gasteiger partial charge in [0.05, 0.1) is 29.0 Å². The molecule has 4 heterocycles. The molecule has 2 aliphatic heterocycles. The van der Waals surface area contributed by atoms with Crippen molar-refractivity contribution >= 4 is 34.8 Å². The first kappa shape index (κ1) is 21.2. The minimum atomic E-state index is 0.0420. The minimum absolute atomic E-state index is 0.0420. The van der Waals surface area contributed by atoms with Gasteiger partial charge in [-0.3, -0.25) is 9.48 Å². The third-order valence-electron chi connectivity index (χ3n) is 6.39. The molecule has 168 valence electrons. The fraction of sp³-hybridized carbons (Fsp3) is 0.409. The molecule has 2 fully saturated rings. The van der Waals surface area contributed by atoms with Crippen LogP contribution in [-0.4, -0.2) is 58.9 Å². The van der Waals surface area contributed by atoms with Crippen LogP contribution in [0.5, 0.6) is 5.75 Å². The predicted octanol–water partition coefficient (Wildman–Crippen LogP) is 3.76. The highest BCUT2D eigenvalue weighted by molar-refractivity contribution is 6.33. The lowest BCUT2D eigenvalue weighted by molar-refractivity contribution is -0.131. The molecule has 5 rings (SSSR count). The smallest absolute Gasteiger partial charge is 0.248 e. The van der Waals surface area contributed by atoms with Crippen LogP contribution < -0.4 is 9.64 Å². The Morgan fingerprint density at radius 1 is 1.22 bits per heavy atom. The number of halogens is 2. The zero-order valence-electron chi connectivity index (χ0n) is 17.8. The van der Waals surface area contributed by atoms with Gasteiger partial charge in [0, 0.05) is 49.8 Å². The standard InChI is InChI=1S/C22H23Cl2N5O3/c1-13-20(24)21(22-25-5-6-32-22)26-29(13)12-19(30)28-10-14-8-27(9-15(14)11-28)16-3-4-17(23)18(7-16)31-2/h3-7,14-15H,8-12H2,1-2H3. The molecule has 2 atom stereocenters. The van der Waals surface area contributed by atoms with Crippen molar-refractivity contribution < 1.29 is 13.9 Å². The quantitative estimate of drug-likeness (QED) is 0.558. The maximum absolute atomic E-state index is 13.0. The number of hydrogen-bond donors (Lipinski definition) is 0. The van der Waals surface area contributed by atoms with Gasteiger partial charge in [-0.25, -0.2) is 4.98 Å². The second-order valence-electron chi connectivity index (χ2n) is 8.29. The highest BCUT2D eigenvalue weighted by Gasteiger charge is 2.41. The van der Waals surface area contributed by atoms with Crippen molar-refractivity contribution in [3.8, 4) is 17.3 Å². The summed E-state index contributed by atoms with van der Waals surface area (Å²) in [5.41, 5.74) is 2.27. The van der Waals surface area contributed by atoms with Crippen LogP contribution in [0.25, 0.3) is 11.6 Å². The predicted molar refractivity (Wildman–Crippen MR) is 121 cm³/mol. The summed E-state index contributed by atoms with van der Waals surface area (Å²) in [6.45, 7) is 5.27. The van der Waals surface area contributed by atoms with Crippen LogP contribution in [-0.2, 0) is 11.3 Å². The average molecular weight is 476 g/mol. The van der Waals surface area contributed by atoms with Crippen molar-refractivity contribution in [1.29, 1.82) is 0 Å². The lowest BCUT2D eigenvalue weighted by Gasteiger charge is -2.24. The molecule has 8 nitrogen and oxygen atoms in total. The molecule has 2 unspecified atom stereocenters. The minimum Gasteiger partial charge on any atom is -0.495 e. The molecule has 32 heavy (non-hydrogen) atoms. The maximum atomic E-state index is 13.0. The number of likely N-dealkylation sites (tertiary alicyclic amines) is 1. The number of hydrogen-bond acceptors (Lipinski definition) is 6. The van der Waals surface area contributed by atoms with Crippen molar-refractivity contribution in [2.24, 2.45) is 11.8 Å². The number of aromatic nitrogens is 3. The van der Waals surface area contributed by atoms with Gasteiger partial charge in [0.15, 0.2) is 5.69 Å². The molecule has 3 aromatic rings. The van der Waals surface area contributed by atoms with E-state index in [-0.39, 0.29) is 12.5 Å². The topological polar surface area (TPSA) is 76.6 Å². The Labute approximate surface area is 195 Å². The van der Waals surface area contributed by atoms with Crippen molar-refractivity contribution in [3.63, 3.8) is 0 Å². The van der Waals surface area contributed by atoms with E-state index >= 15 is 0 Å². The van der Waals surface area contributed by atoms with Crippen molar-refractivity contribution in [3.05, 3.63) is 46.4 Å². The molecule has 0 spiro atoms. The summed E-state index contributed by atoms with van der Waals surface area (Å²) in [6.07, 6.45) is 3.01. The number of fused-ring (bicyclic) bond motifs is 1. The lowest BCUT2D eigenvalue weighted by Crippen LogP contribution is -2.35. The first-order valence-corrected chi connectivity index (χ1v) is 11.2. The van der Waals surface area contributed by atoms with Crippen molar-refractivity contribution in [1.82, 2.24) is 19.7 Å². The molecule has 0 saturated carbocycles. The molecule has 2 aromatic heterocycles. The molecular weight excluding hydrogens is 453 g/mol. The van der Waals surface area contributed by atoms with E-state index in [2.05, 4.69) is 15.0 Å². The van der Waals surface area contributed by atoms with E-state index in [1.807, 2.05) is 30.0 Å². The number of ether oxygens (including phenoxy) is 1. The van der Waals surface area contributed by atoms with Crippen LogP contribution in [0.3, 0.4) is 0 Å². The SMILES string of the molecule is COc1cc(N2CC3CN(C(=O)Cn4nc(-c5ncco5)c(Cl)c4C)CC3C2)ccc1Cl. The fourth-order valence-electron chi connectivity index (χ4n) is 4.64. The molecule has 0 N–H and O–H groups in total. The number of anilines is 1. The molecule has 0 bridgehead atoms. The second-order valence-corrected chi connectivity index (χ2v) is 9.07. The van der Waals surface area contributed by atoms with E-state index in [9.17, 15) is 4.79 Å². The summed E-state index contributed by atoms with van der Waals surface area (Å²) in [5, 5.41) is 5.52. The van der Waals surface area contributed by atoms with Gasteiger partial charge in [-0.2, -0.15) is 5.10 Å². The Kier molecular flexibility index (Phi) is 5.51. The van der Waals surface area contributed by atoms with Crippen LogP contribution in [0.4, 0.5) is 5.69 Å². The molecule has 2 saturated heterocycles. The van der Waals surface area contributed by atoms with Gasteiger partial charge in [-0.05, 0) is 19.1 Å². The Balaban J connectivity index is 1.23. The van der Waals surface area contributed by atoms with Crippen LogP contribution in [0, 0.1) is 18.8 Å². The normalized spacial score (nSPS) is 20.1. The summed E-state index contributed by atoms with van der Waals surface area (Å²) in [5.74, 6) is 1.94. The van der Waals surface area contributed by atoms with Gasteiger partial charge in [0.2, 0.25) is 11.8 Å².